The molecule has 0 radical (unpaired) electrons. The Bertz CT molecular complexity index is 731. The molecule has 134 valence electrons. The number of fused-ring (bicyclic) bond motifs is 1. The van der Waals surface area contributed by atoms with Crippen molar-refractivity contribution in [2.24, 2.45) is 0 Å². The number of imide groups is 1. The summed E-state index contributed by atoms with van der Waals surface area (Å²) >= 11 is 0. The van der Waals surface area contributed by atoms with Gasteiger partial charge in [-0.1, -0.05) is 18.2 Å². The topological polar surface area (TPSA) is 73.0 Å². The molecule has 2 heterocycles. The molecular weight excluding hydrogens is 320 g/mol. The van der Waals surface area contributed by atoms with Crippen LogP contribution in [0.5, 0.6) is 0 Å². The Morgan fingerprint density at radius 3 is 2.60 bits per heavy atom. The minimum absolute atomic E-state index is 0.00521. The summed E-state index contributed by atoms with van der Waals surface area (Å²) in [7, 11) is 2.01. The molecule has 7 heteroatoms. The van der Waals surface area contributed by atoms with Crippen LogP contribution in [0.15, 0.2) is 24.3 Å². The molecule has 3 rings (SSSR count). The van der Waals surface area contributed by atoms with Gasteiger partial charge in [-0.15, -0.1) is 0 Å². The van der Waals surface area contributed by atoms with Crippen molar-refractivity contribution in [1.82, 2.24) is 15.1 Å². The van der Waals surface area contributed by atoms with Gasteiger partial charge in [-0.2, -0.15) is 0 Å². The van der Waals surface area contributed by atoms with Gasteiger partial charge in [-0.3, -0.25) is 14.9 Å². The largest absolute Gasteiger partial charge is 0.372 e. The minimum atomic E-state index is -1.02. The first-order valence-corrected chi connectivity index (χ1v) is 8.43. The van der Waals surface area contributed by atoms with Gasteiger partial charge in [0.2, 0.25) is 5.91 Å². The second-order valence-electron chi connectivity index (χ2n) is 7.28. The van der Waals surface area contributed by atoms with Gasteiger partial charge in [0.15, 0.2) is 0 Å². The highest BCUT2D eigenvalue weighted by molar-refractivity contribution is 6.07. The molecule has 4 amide bonds. The number of amides is 4. The van der Waals surface area contributed by atoms with Crippen LogP contribution in [0.1, 0.15) is 26.3 Å². The molecule has 1 aromatic carbocycles. The summed E-state index contributed by atoms with van der Waals surface area (Å²) in [5.74, 6) is -0.533. The van der Waals surface area contributed by atoms with Crippen LogP contribution in [0.25, 0.3) is 0 Å². The van der Waals surface area contributed by atoms with Gasteiger partial charge >= 0.3 is 6.03 Å². The summed E-state index contributed by atoms with van der Waals surface area (Å²) in [4.78, 5) is 42.1. The Balaban J connectivity index is 1.82. The summed E-state index contributed by atoms with van der Waals surface area (Å²) in [6.45, 7) is 6.38. The molecule has 1 aromatic rings. The van der Waals surface area contributed by atoms with Gasteiger partial charge in [-0.05, 0) is 32.4 Å². The molecule has 1 saturated heterocycles. The van der Waals surface area contributed by atoms with E-state index in [4.69, 9.17) is 0 Å². The second-order valence-corrected chi connectivity index (χ2v) is 7.28. The van der Waals surface area contributed by atoms with Crippen molar-refractivity contribution in [2.75, 3.05) is 25.0 Å². The molecule has 1 fully saturated rings. The zero-order chi connectivity index (χ0) is 18.4. The van der Waals surface area contributed by atoms with E-state index < -0.39 is 11.6 Å². The lowest BCUT2D eigenvalue weighted by atomic mass is 10.0. The average Bonchev–Trinajstić information content (AvgIpc) is 2.68. The number of benzene rings is 1. The van der Waals surface area contributed by atoms with Crippen molar-refractivity contribution in [1.29, 1.82) is 0 Å². The Morgan fingerprint density at radius 2 is 1.96 bits per heavy atom. The van der Waals surface area contributed by atoms with Crippen molar-refractivity contribution < 1.29 is 14.4 Å². The maximum absolute atomic E-state index is 12.9. The van der Waals surface area contributed by atoms with Gasteiger partial charge in [0.25, 0.3) is 5.91 Å². The summed E-state index contributed by atoms with van der Waals surface area (Å²) in [6.07, 6.45) is 0. The van der Waals surface area contributed by atoms with Crippen molar-refractivity contribution in [3.63, 3.8) is 0 Å². The number of rotatable bonds is 2. The predicted octanol–water partition coefficient (Wildman–Crippen LogP) is 1.18. The lowest BCUT2D eigenvalue weighted by molar-refractivity contribution is -0.135. The van der Waals surface area contributed by atoms with Crippen LogP contribution < -0.4 is 10.2 Å². The smallest absolute Gasteiger partial charge is 0.325 e. The fourth-order valence-electron chi connectivity index (χ4n) is 3.47. The monoisotopic (exact) mass is 344 g/mol. The Hall–Kier alpha value is -2.57. The van der Waals surface area contributed by atoms with Gasteiger partial charge in [0.05, 0.1) is 0 Å². The van der Waals surface area contributed by atoms with Crippen molar-refractivity contribution >= 4 is 23.5 Å². The highest BCUT2D eigenvalue weighted by Gasteiger charge is 2.46. The number of para-hydroxylation sites is 1. The third-order valence-corrected chi connectivity index (χ3v) is 5.12. The van der Waals surface area contributed by atoms with Crippen LogP contribution in [0.2, 0.25) is 0 Å². The standard InChI is InChI=1S/C18H24N4O3/c1-12-9-20(4)14-8-6-5-7-13(14)10-21(12)15(23)11-22-17(25)19-16(24)18(22,2)3/h5-8,12H,9-11H2,1-4H3,(H,19,24,25)/t12-/m0/s1. The lowest BCUT2D eigenvalue weighted by Crippen LogP contribution is -2.51. The molecule has 0 unspecified atom stereocenters. The molecule has 1 N–H and O–H groups in total. The molecule has 0 saturated carbocycles. The van der Waals surface area contributed by atoms with Crippen LogP contribution in [-0.2, 0) is 16.1 Å². The Morgan fingerprint density at radius 1 is 1.28 bits per heavy atom. The number of nitrogens with zero attached hydrogens (tertiary/aromatic N) is 3. The maximum atomic E-state index is 12.9. The molecule has 25 heavy (non-hydrogen) atoms. The van der Waals surface area contributed by atoms with E-state index in [1.165, 1.54) is 4.90 Å². The van der Waals surface area contributed by atoms with Crippen molar-refractivity contribution in [3.05, 3.63) is 29.8 Å². The van der Waals surface area contributed by atoms with Gasteiger partial charge in [0.1, 0.15) is 12.1 Å². The van der Waals surface area contributed by atoms with Crippen molar-refractivity contribution in [2.45, 2.75) is 38.9 Å². The Labute approximate surface area is 147 Å². The molecule has 0 aromatic heterocycles. The minimum Gasteiger partial charge on any atom is -0.372 e. The normalized spacial score (nSPS) is 22.6. The maximum Gasteiger partial charge on any atom is 0.325 e. The Kier molecular flexibility index (Phi) is 4.18. The number of carbonyl (C=O) groups is 3. The fourth-order valence-corrected chi connectivity index (χ4v) is 3.47. The van der Waals surface area contributed by atoms with E-state index in [1.54, 1.807) is 18.7 Å². The first-order valence-electron chi connectivity index (χ1n) is 8.43. The number of hydrogen-bond acceptors (Lipinski definition) is 4. The third kappa shape index (κ3) is 2.94. The molecule has 0 spiro atoms. The van der Waals surface area contributed by atoms with E-state index in [0.29, 0.717) is 13.1 Å². The number of carbonyl (C=O) groups excluding carboxylic acids is 3. The molecule has 0 aliphatic carbocycles. The first kappa shape index (κ1) is 17.3. The van der Waals surface area contributed by atoms with E-state index in [9.17, 15) is 14.4 Å². The molecule has 1 atom stereocenters. The predicted molar refractivity (Wildman–Crippen MR) is 94.0 cm³/mol. The van der Waals surface area contributed by atoms with Gasteiger partial charge < -0.3 is 14.7 Å². The highest BCUT2D eigenvalue weighted by Crippen LogP contribution is 2.27. The summed E-state index contributed by atoms with van der Waals surface area (Å²) in [5.41, 5.74) is 1.17. The third-order valence-electron chi connectivity index (χ3n) is 5.12. The summed E-state index contributed by atoms with van der Waals surface area (Å²) in [5, 5.41) is 2.28. The van der Waals surface area contributed by atoms with Crippen LogP contribution in [0.4, 0.5) is 10.5 Å². The highest BCUT2D eigenvalue weighted by atomic mass is 16.2. The van der Waals surface area contributed by atoms with E-state index in [2.05, 4.69) is 10.2 Å². The van der Waals surface area contributed by atoms with E-state index in [0.717, 1.165) is 11.3 Å². The number of likely N-dealkylation sites (N-methyl/N-ethyl adjacent to an activating group) is 1. The van der Waals surface area contributed by atoms with Gasteiger partial charge in [-0.25, -0.2) is 4.79 Å². The van der Waals surface area contributed by atoms with E-state index >= 15 is 0 Å². The summed E-state index contributed by atoms with van der Waals surface area (Å²) in [6, 6.07) is 7.49. The lowest BCUT2D eigenvalue weighted by Gasteiger charge is -2.33. The number of anilines is 1. The zero-order valence-electron chi connectivity index (χ0n) is 15.1. The molecule has 2 aliphatic rings. The first-order chi connectivity index (χ1) is 11.7. The van der Waals surface area contributed by atoms with Crippen LogP contribution >= 0.6 is 0 Å². The number of urea groups is 1. The summed E-state index contributed by atoms with van der Waals surface area (Å²) < 4.78 is 0. The van der Waals surface area contributed by atoms with Crippen LogP contribution in [-0.4, -0.2) is 59.4 Å². The quantitative estimate of drug-likeness (QED) is 0.818. The molecule has 0 bridgehead atoms. The fraction of sp³-hybridized carbons (Fsp3) is 0.500. The number of hydrogen-bond donors (Lipinski definition) is 1. The van der Waals surface area contributed by atoms with Crippen LogP contribution in [0, 0.1) is 0 Å². The SMILES string of the molecule is C[C@H]1CN(C)c2ccccc2CN1C(=O)CN1C(=O)NC(=O)C1(C)C. The second kappa shape index (κ2) is 6.06. The zero-order valence-corrected chi connectivity index (χ0v) is 15.1. The average molecular weight is 344 g/mol. The van der Waals surface area contributed by atoms with Gasteiger partial charge in [0, 0.05) is 31.9 Å². The van der Waals surface area contributed by atoms with E-state index in [-0.39, 0.29) is 24.4 Å². The molecule has 2 aliphatic heterocycles. The van der Waals surface area contributed by atoms with E-state index in [1.807, 2.05) is 38.2 Å². The number of nitrogens with one attached hydrogen (secondary N) is 1. The van der Waals surface area contributed by atoms with Crippen LogP contribution in [0.3, 0.4) is 0 Å². The molecular formula is C18H24N4O3. The molecule has 7 nitrogen and oxygen atoms in total. The van der Waals surface area contributed by atoms with Crippen molar-refractivity contribution in [3.8, 4) is 0 Å².